The first-order valence-electron chi connectivity index (χ1n) is 7.15. The quantitative estimate of drug-likeness (QED) is 0.731. The lowest BCUT2D eigenvalue weighted by Gasteiger charge is -2.17. The SMILES string of the molecule is Cc1ccccc1-c1ccccc1C(O)c1ccccc1. The molecule has 0 spiro atoms. The maximum absolute atomic E-state index is 10.7. The molecule has 0 radical (unpaired) electrons. The van der Waals surface area contributed by atoms with Gasteiger partial charge in [0, 0.05) is 0 Å². The Bertz CT molecular complexity index is 732. The second-order valence-electron chi connectivity index (χ2n) is 5.22. The predicted octanol–water partition coefficient (Wildman–Crippen LogP) is 4.74. The molecular formula is C20H18O. The second kappa shape index (κ2) is 5.94. The maximum atomic E-state index is 10.7. The summed E-state index contributed by atoms with van der Waals surface area (Å²) in [6, 6.07) is 26.1. The van der Waals surface area contributed by atoms with Gasteiger partial charge in [0.15, 0.2) is 0 Å². The number of aliphatic hydroxyl groups is 1. The Hall–Kier alpha value is -2.38. The van der Waals surface area contributed by atoms with Crippen molar-refractivity contribution in [2.24, 2.45) is 0 Å². The van der Waals surface area contributed by atoms with Gasteiger partial charge in [-0.05, 0) is 34.7 Å². The molecule has 0 aliphatic carbocycles. The summed E-state index contributed by atoms with van der Waals surface area (Å²) in [4.78, 5) is 0. The minimum absolute atomic E-state index is 0.609. The van der Waals surface area contributed by atoms with Gasteiger partial charge in [0.1, 0.15) is 6.10 Å². The van der Waals surface area contributed by atoms with Gasteiger partial charge >= 0.3 is 0 Å². The van der Waals surface area contributed by atoms with Gasteiger partial charge in [-0.1, -0.05) is 78.9 Å². The molecule has 3 aromatic carbocycles. The third-order valence-corrected chi connectivity index (χ3v) is 3.81. The highest BCUT2D eigenvalue weighted by Crippen LogP contribution is 2.33. The molecule has 3 rings (SSSR count). The zero-order valence-corrected chi connectivity index (χ0v) is 12.0. The number of hydrogen-bond acceptors (Lipinski definition) is 1. The lowest BCUT2D eigenvalue weighted by molar-refractivity contribution is 0.221. The lowest BCUT2D eigenvalue weighted by atomic mass is 9.91. The smallest absolute Gasteiger partial charge is 0.105 e. The van der Waals surface area contributed by atoms with Gasteiger partial charge in [-0.15, -0.1) is 0 Å². The molecule has 104 valence electrons. The number of rotatable bonds is 3. The van der Waals surface area contributed by atoms with E-state index in [4.69, 9.17) is 0 Å². The minimum Gasteiger partial charge on any atom is -0.384 e. The van der Waals surface area contributed by atoms with Crippen molar-refractivity contribution in [3.8, 4) is 11.1 Å². The normalized spacial score (nSPS) is 12.1. The van der Waals surface area contributed by atoms with E-state index in [1.54, 1.807) is 0 Å². The van der Waals surface area contributed by atoms with E-state index < -0.39 is 6.10 Å². The van der Waals surface area contributed by atoms with Crippen LogP contribution in [-0.4, -0.2) is 5.11 Å². The van der Waals surface area contributed by atoms with Crippen molar-refractivity contribution in [3.05, 3.63) is 95.6 Å². The molecule has 0 saturated heterocycles. The molecule has 0 amide bonds. The first-order valence-corrected chi connectivity index (χ1v) is 7.15. The van der Waals surface area contributed by atoms with Crippen LogP contribution in [0.3, 0.4) is 0 Å². The van der Waals surface area contributed by atoms with Crippen molar-refractivity contribution in [2.75, 3.05) is 0 Å². The van der Waals surface area contributed by atoms with E-state index in [9.17, 15) is 5.11 Å². The summed E-state index contributed by atoms with van der Waals surface area (Å²) >= 11 is 0. The average molecular weight is 274 g/mol. The molecule has 1 atom stereocenters. The summed E-state index contributed by atoms with van der Waals surface area (Å²) in [6.07, 6.45) is -0.609. The highest BCUT2D eigenvalue weighted by atomic mass is 16.3. The van der Waals surface area contributed by atoms with Gasteiger partial charge < -0.3 is 5.11 Å². The van der Waals surface area contributed by atoms with Crippen LogP contribution in [0.25, 0.3) is 11.1 Å². The van der Waals surface area contributed by atoms with Gasteiger partial charge in [-0.2, -0.15) is 0 Å². The van der Waals surface area contributed by atoms with Crippen LogP contribution < -0.4 is 0 Å². The van der Waals surface area contributed by atoms with Crippen LogP contribution in [0.5, 0.6) is 0 Å². The summed E-state index contributed by atoms with van der Waals surface area (Å²) in [6.45, 7) is 2.10. The molecule has 0 bridgehead atoms. The van der Waals surface area contributed by atoms with Gasteiger partial charge in [0.2, 0.25) is 0 Å². The second-order valence-corrected chi connectivity index (χ2v) is 5.22. The van der Waals surface area contributed by atoms with E-state index >= 15 is 0 Å². The van der Waals surface area contributed by atoms with E-state index in [2.05, 4.69) is 25.1 Å². The molecule has 3 aromatic rings. The summed E-state index contributed by atoms with van der Waals surface area (Å²) in [5.41, 5.74) is 5.33. The van der Waals surface area contributed by atoms with Gasteiger partial charge in [-0.3, -0.25) is 0 Å². The van der Waals surface area contributed by atoms with Crippen molar-refractivity contribution in [1.82, 2.24) is 0 Å². The fourth-order valence-electron chi connectivity index (χ4n) is 2.67. The standard InChI is InChI=1S/C20H18O/c1-15-9-5-6-12-17(15)18-13-7-8-14-19(18)20(21)16-10-3-2-4-11-16/h2-14,20-21H,1H3. The minimum atomic E-state index is -0.609. The topological polar surface area (TPSA) is 20.2 Å². The van der Waals surface area contributed by atoms with Crippen molar-refractivity contribution in [1.29, 1.82) is 0 Å². The number of benzene rings is 3. The molecule has 0 aliphatic heterocycles. The van der Waals surface area contributed by atoms with Crippen molar-refractivity contribution in [3.63, 3.8) is 0 Å². The average Bonchev–Trinajstić information content (AvgIpc) is 2.55. The summed E-state index contributed by atoms with van der Waals surface area (Å²) in [7, 11) is 0. The molecule has 1 nitrogen and oxygen atoms in total. The summed E-state index contributed by atoms with van der Waals surface area (Å²) in [5, 5.41) is 10.7. The molecule has 21 heavy (non-hydrogen) atoms. The molecular weight excluding hydrogens is 256 g/mol. The van der Waals surface area contributed by atoms with Crippen LogP contribution in [0.1, 0.15) is 22.8 Å². The molecule has 0 saturated carbocycles. The van der Waals surface area contributed by atoms with Crippen LogP contribution in [0, 0.1) is 6.92 Å². The van der Waals surface area contributed by atoms with Gasteiger partial charge in [0.05, 0.1) is 0 Å². The van der Waals surface area contributed by atoms with Crippen LogP contribution >= 0.6 is 0 Å². The summed E-state index contributed by atoms with van der Waals surface area (Å²) in [5.74, 6) is 0. The Morgan fingerprint density at radius 3 is 1.95 bits per heavy atom. The number of aryl methyl sites for hydroxylation is 1. The molecule has 1 unspecified atom stereocenters. The number of aliphatic hydroxyl groups excluding tert-OH is 1. The Balaban J connectivity index is 2.11. The summed E-state index contributed by atoms with van der Waals surface area (Å²) < 4.78 is 0. The molecule has 1 N–H and O–H groups in total. The molecule has 0 aliphatic rings. The Morgan fingerprint density at radius 1 is 0.667 bits per heavy atom. The molecule has 0 aromatic heterocycles. The third-order valence-electron chi connectivity index (χ3n) is 3.81. The predicted molar refractivity (Wildman–Crippen MR) is 87.1 cm³/mol. The Morgan fingerprint density at radius 2 is 1.24 bits per heavy atom. The molecule has 0 heterocycles. The van der Waals surface area contributed by atoms with Crippen LogP contribution in [0.2, 0.25) is 0 Å². The highest BCUT2D eigenvalue weighted by Gasteiger charge is 2.15. The van der Waals surface area contributed by atoms with Gasteiger partial charge in [-0.25, -0.2) is 0 Å². The lowest BCUT2D eigenvalue weighted by Crippen LogP contribution is -2.02. The largest absolute Gasteiger partial charge is 0.384 e. The van der Waals surface area contributed by atoms with Crippen LogP contribution in [0.4, 0.5) is 0 Å². The van der Waals surface area contributed by atoms with Crippen LogP contribution in [0.15, 0.2) is 78.9 Å². The fraction of sp³-hybridized carbons (Fsp3) is 0.100. The van der Waals surface area contributed by atoms with Crippen molar-refractivity contribution < 1.29 is 5.11 Å². The van der Waals surface area contributed by atoms with Crippen LogP contribution in [-0.2, 0) is 0 Å². The zero-order valence-electron chi connectivity index (χ0n) is 12.0. The first kappa shape index (κ1) is 13.6. The Labute approximate surface area is 125 Å². The highest BCUT2D eigenvalue weighted by molar-refractivity contribution is 5.71. The van der Waals surface area contributed by atoms with Crippen molar-refractivity contribution in [2.45, 2.75) is 13.0 Å². The third kappa shape index (κ3) is 2.74. The monoisotopic (exact) mass is 274 g/mol. The Kier molecular flexibility index (Phi) is 3.85. The fourth-order valence-corrected chi connectivity index (χ4v) is 2.67. The van der Waals surface area contributed by atoms with Crippen molar-refractivity contribution >= 4 is 0 Å². The van der Waals surface area contributed by atoms with Gasteiger partial charge in [0.25, 0.3) is 0 Å². The van der Waals surface area contributed by atoms with E-state index in [-0.39, 0.29) is 0 Å². The van der Waals surface area contributed by atoms with E-state index in [0.29, 0.717) is 0 Å². The van der Waals surface area contributed by atoms with E-state index in [0.717, 1.165) is 16.7 Å². The maximum Gasteiger partial charge on any atom is 0.105 e. The molecule has 1 heteroatoms. The zero-order chi connectivity index (χ0) is 14.7. The first-order chi connectivity index (χ1) is 10.3. The van der Waals surface area contributed by atoms with E-state index in [1.807, 2.05) is 60.7 Å². The number of hydrogen-bond donors (Lipinski definition) is 1. The molecule has 0 fully saturated rings. The van der Waals surface area contributed by atoms with E-state index in [1.165, 1.54) is 11.1 Å².